The van der Waals surface area contributed by atoms with Crippen LogP contribution in [-0.4, -0.2) is 5.11 Å². The zero-order valence-electron chi connectivity index (χ0n) is 9.41. The molecule has 0 aliphatic carbocycles. The molecule has 0 aromatic heterocycles. The van der Waals surface area contributed by atoms with Gasteiger partial charge in [-0.1, -0.05) is 34.1 Å². The maximum Gasteiger partial charge on any atom is 0.127 e. The molecule has 4 heteroatoms. The van der Waals surface area contributed by atoms with Gasteiger partial charge in [0.1, 0.15) is 11.6 Å². The normalized spacial score (nSPS) is 12.4. The molecule has 0 fully saturated rings. The molecule has 0 aliphatic heterocycles. The monoisotopic (exact) mass is 312 g/mol. The van der Waals surface area contributed by atoms with Gasteiger partial charge in [0.2, 0.25) is 0 Å². The van der Waals surface area contributed by atoms with Crippen LogP contribution in [-0.2, 0) is 6.42 Å². The fourth-order valence-corrected chi connectivity index (χ4v) is 2.06. The molecule has 2 aromatic rings. The highest BCUT2D eigenvalue weighted by Gasteiger charge is 2.12. The largest absolute Gasteiger partial charge is 0.388 e. The van der Waals surface area contributed by atoms with Gasteiger partial charge in [0.05, 0.1) is 6.10 Å². The van der Waals surface area contributed by atoms with Crippen LogP contribution in [0, 0.1) is 11.6 Å². The number of halogens is 3. The number of aliphatic hydroxyl groups excluding tert-OH is 1. The van der Waals surface area contributed by atoms with E-state index in [1.54, 1.807) is 18.2 Å². The summed E-state index contributed by atoms with van der Waals surface area (Å²) in [5.74, 6) is -0.803. The van der Waals surface area contributed by atoms with E-state index in [4.69, 9.17) is 0 Å². The molecule has 94 valence electrons. The first-order valence-corrected chi connectivity index (χ1v) is 6.23. The van der Waals surface area contributed by atoms with Gasteiger partial charge in [-0.3, -0.25) is 0 Å². The Morgan fingerprint density at radius 2 is 1.89 bits per heavy atom. The van der Waals surface area contributed by atoms with Gasteiger partial charge in [0, 0.05) is 10.9 Å². The van der Waals surface area contributed by atoms with Gasteiger partial charge in [0.25, 0.3) is 0 Å². The fraction of sp³-hybridized carbons (Fsp3) is 0.143. The highest BCUT2D eigenvalue weighted by atomic mass is 79.9. The average molecular weight is 313 g/mol. The molecule has 0 saturated heterocycles. The maximum absolute atomic E-state index is 13.6. The van der Waals surface area contributed by atoms with Gasteiger partial charge in [-0.05, 0) is 35.4 Å². The van der Waals surface area contributed by atoms with Crippen LogP contribution < -0.4 is 0 Å². The van der Waals surface area contributed by atoms with Crippen LogP contribution in [0.4, 0.5) is 8.78 Å². The van der Waals surface area contributed by atoms with E-state index < -0.39 is 11.9 Å². The lowest BCUT2D eigenvalue weighted by atomic mass is 10.0. The van der Waals surface area contributed by atoms with Crippen molar-refractivity contribution in [2.75, 3.05) is 0 Å². The summed E-state index contributed by atoms with van der Waals surface area (Å²) >= 11 is 3.16. The molecule has 2 aromatic carbocycles. The van der Waals surface area contributed by atoms with Gasteiger partial charge in [0.15, 0.2) is 0 Å². The smallest absolute Gasteiger partial charge is 0.127 e. The molecule has 0 radical (unpaired) electrons. The van der Waals surface area contributed by atoms with E-state index in [0.717, 1.165) is 0 Å². The Morgan fingerprint density at radius 1 is 1.11 bits per heavy atom. The minimum atomic E-state index is -0.920. The molecule has 1 atom stereocenters. The zero-order chi connectivity index (χ0) is 13.1. The third-order valence-electron chi connectivity index (χ3n) is 2.66. The molecule has 2 rings (SSSR count). The molecule has 1 nitrogen and oxygen atoms in total. The van der Waals surface area contributed by atoms with Crippen molar-refractivity contribution >= 4 is 15.9 Å². The Hall–Kier alpha value is -1.26. The predicted molar refractivity (Wildman–Crippen MR) is 69.2 cm³/mol. The first-order chi connectivity index (χ1) is 8.56. The van der Waals surface area contributed by atoms with Crippen molar-refractivity contribution in [1.29, 1.82) is 0 Å². The van der Waals surface area contributed by atoms with Crippen molar-refractivity contribution in [2.24, 2.45) is 0 Å². The highest BCUT2D eigenvalue weighted by molar-refractivity contribution is 9.10. The molecule has 1 unspecified atom stereocenters. The molecule has 0 amide bonds. The summed E-state index contributed by atoms with van der Waals surface area (Å²) in [7, 11) is 0. The lowest BCUT2D eigenvalue weighted by Gasteiger charge is -2.12. The van der Waals surface area contributed by atoms with Crippen molar-refractivity contribution in [1.82, 2.24) is 0 Å². The SMILES string of the molecule is OC(Cc1ccc(Br)cc1F)c1cccc(F)c1. The van der Waals surface area contributed by atoms with Crippen molar-refractivity contribution in [3.05, 3.63) is 69.7 Å². The lowest BCUT2D eigenvalue weighted by molar-refractivity contribution is 0.176. The minimum Gasteiger partial charge on any atom is -0.388 e. The molecule has 0 bridgehead atoms. The maximum atomic E-state index is 13.6. The van der Waals surface area contributed by atoms with Crippen LogP contribution in [0.25, 0.3) is 0 Å². The minimum absolute atomic E-state index is 0.114. The fourth-order valence-electron chi connectivity index (χ4n) is 1.73. The van der Waals surface area contributed by atoms with Crippen LogP contribution >= 0.6 is 15.9 Å². The predicted octanol–water partition coefficient (Wildman–Crippen LogP) is 4.00. The van der Waals surface area contributed by atoms with Gasteiger partial charge < -0.3 is 5.11 Å². The van der Waals surface area contributed by atoms with Gasteiger partial charge in [-0.2, -0.15) is 0 Å². The van der Waals surface area contributed by atoms with Crippen LogP contribution in [0.1, 0.15) is 17.2 Å². The zero-order valence-corrected chi connectivity index (χ0v) is 11.0. The van der Waals surface area contributed by atoms with E-state index >= 15 is 0 Å². The molecule has 0 saturated carbocycles. The van der Waals surface area contributed by atoms with E-state index in [9.17, 15) is 13.9 Å². The van der Waals surface area contributed by atoms with Crippen LogP contribution in [0.3, 0.4) is 0 Å². The Kier molecular flexibility index (Phi) is 4.09. The van der Waals surface area contributed by atoms with E-state index in [0.29, 0.717) is 15.6 Å². The molecule has 18 heavy (non-hydrogen) atoms. The van der Waals surface area contributed by atoms with E-state index in [2.05, 4.69) is 15.9 Å². The summed E-state index contributed by atoms with van der Waals surface area (Å²) in [5, 5.41) is 9.95. The van der Waals surface area contributed by atoms with Crippen molar-refractivity contribution in [3.63, 3.8) is 0 Å². The number of benzene rings is 2. The number of aliphatic hydroxyl groups is 1. The second-order valence-electron chi connectivity index (χ2n) is 4.01. The quantitative estimate of drug-likeness (QED) is 0.908. The Morgan fingerprint density at radius 3 is 2.56 bits per heavy atom. The van der Waals surface area contributed by atoms with Crippen LogP contribution in [0.2, 0.25) is 0 Å². The molecule has 0 aliphatic rings. The van der Waals surface area contributed by atoms with Gasteiger partial charge in [-0.25, -0.2) is 8.78 Å². The third-order valence-corrected chi connectivity index (χ3v) is 3.16. The van der Waals surface area contributed by atoms with Crippen molar-refractivity contribution < 1.29 is 13.9 Å². The lowest BCUT2D eigenvalue weighted by Crippen LogP contribution is -2.04. The van der Waals surface area contributed by atoms with Crippen molar-refractivity contribution in [3.8, 4) is 0 Å². The van der Waals surface area contributed by atoms with E-state index in [-0.39, 0.29) is 12.2 Å². The third kappa shape index (κ3) is 3.15. The average Bonchev–Trinajstić information content (AvgIpc) is 2.32. The molecule has 1 N–H and O–H groups in total. The summed E-state index contributed by atoms with van der Waals surface area (Å²) in [5.41, 5.74) is 0.840. The number of rotatable bonds is 3. The summed E-state index contributed by atoms with van der Waals surface area (Å²) in [6.45, 7) is 0. The number of hydrogen-bond donors (Lipinski definition) is 1. The van der Waals surface area contributed by atoms with E-state index in [1.165, 1.54) is 24.3 Å². The van der Waals surface area contributed by atoms with Crippen LogP contribution in [0.15, 0.2) is 46.9 Å². The molecular weight excluding hydrogens is 302 g/mol. The molecule has 0 heterocycles. The second kappa shape index (κ2) is 5.59. The van der Waals surface area contributed by atoms with Crippen molar-refractivity contribution in [2.45, 2.75) is 12.5 Å². The highest BCUT2D eigenvalue weighted by Crippen LogP contribution is 2.22. The Balaban J connectivity index is 2.18. The second-order valence-corrected chi connectivity index (χ2v) is 4.93. The molecular formula is C14H11BrF2O. The topological polar surface area (TPSA) is 20.2 Å². The Labute approximate surface area is 112 Å². The van der Waals surface area contributed by atoms with E-state index in [1.807, 2.05) is 0 Å². The summed E-state index contributed by atoms with van der Waals surface area (Å²) in [4.78, 5) is 0. The first-order valence-electron chi connectivity index (χ1n) is 5.44. The first kappa shape index (κ1) is 13.2. The number of hydrogen-bond acceptors (Lipinski definition) is 1. The molecule has 0 spiro atoms. The standard InChI is InChI=1S/C14H11BrF2O/c15-11-5-4-9(13(17)8-11)7-14(18)10-2-1-3-12(16)6-10/h1-6,8,14,18H,7H2. The summed E-state index contributed by atoms with van der Waals surface area (Å²) in [6.07, 6.45) is -0.806. The van der Waals surface area contributed by atoms with Gasteiger partial charge >= 0.3 is 0 Å². The summed E-state index contributed by atoms with van der Waals surface area (Å²) in [6, 6.07) is 10.3. The summed E-state index contributed by atoms with van der Waals surface area (Å²) < 4.78 is 27.2. The Bertz CT molecular complexity index is 557. The van der Waals surface area contributed by atoms with Gasteiger partial charge in [-0.15, -0.1) is 0 Å². The van der Waals surface area contributed by atoms with Crippen LogP contribution in [0.5, 0.6) is 0 Å².